The third-order valence-corrected chi connectivity index (χ3v) is 4.02. The van der Waals surface area contributed by atoms with Crippen LogP contribution in [0.3, 0.4) is 0 Å². The Morgan fingerprint density at radius 1 is 1.70 bits per heavy atom. The first-order valence-electron chi connectivity index (χ1n) is 2.84. The molecule has 0 saturated carbocycles. The van der Waals surface area contributed by atoms with Crippen molar-refractivity contribution in [2.45, 2.75) is 6.42 Å². The minimum Gasteiger partial charge on any atom is -1.00 e. The maximum Gasteiger partial charge on any atom is -1.00 e. The zero-order chi connectivity index (χ0) is 6.69. The summed E-state index contributed by atoms with van der Waals surface area (Å²) in [6.45, 7) is 3.70. The summed E-state index contributed by atoms with van der Waals surface area (Å²) in [5, 5.41) is 2.15. The molecule has 0 aliphatic heterocycles. The summed E-state index contributed by atoms with van der Waals surface area (Å²) in [4.78, 5) is 0. The topological polar surface area (TPSA) is 0 Å². The molecule has 0 radical (unpaired) electrons. The molecule has 0 N–H and O–H groups in total. The number of hydrogen-bond acceptors (Lipinski definition) is 1. The Bertz CT molecular complexity index is 207. The number of thiophene rings is 1. The second-order valence-electron chi connectivity index (χ2n) is 1.86. The predicted octanol–water partition coefficient (Wildman–Crippen LogP) is -1.35. The van der Waals surface area contributed by atoms with Crippen molar-refractivity contribution >= 4 is 14.8 Å². The van der Waals surface area contributed by atoms with Gasteiger partial charge >= 0.3 is 69.2 Å². The fourth-order valence-corrected chi connectivity index (χ4v) is 2.56. The van der Waals surface area contributed by atoms with Crippen LogP contribution in [0.25, 0.3) is 0 Å². The van der Waals surface area contributed by atoms with Gasteiger partial charge in [0.05, 0.1) is 0 Å². The molecule has 0 amide bonds. The maximum absolute atomic E-state index is 3.70. The molecular formula is C7H7ClSZn. The molecule has 0 atom stereocenters. The van der Waals surface area contributed by atoms with E-state index in [4.69, 9.17) is 0 Å². The van der Waals surface area contributed by atoms with Crippen LogP contribution in [0.4, 0.5) is 0 Å². The molecule has 0 aliphatic rings. The Kier molecular flexibility index (Phi) is 5.24. The maximum atomic E-state index is 3.70. The van der Waals surface area contributed by atoms with Crippen molar-refractivity contribution in [3.05, 3.63) is 29.7 Å². The molecule has 1 aromatic rings. The van der Waals surface area contributed by atoms with Crippen LogP contribution in [-0.2, 0) is 24.7 Å². The van der Waals surface area contributed by atoms with Crippen molar-refractivity contribution < 1.29 is 30.7 Å². The minimum atomic E-state index is 0. The predicted molar refractivity (Wildman–Crippen MR) is 37.9 cm³/mol. The Morgan fingerprint density at radius 2 is 2.40 bits per heavy atom. The van der Waals surface area contributed by atoms with E-state index in [9.17, 15) is 0 Å². The average molecular weight is 224 g/mol. The fourth-order valence-electron chi connectivity index (χ4n) is 0.704. The van der Waals surface area contributed by atoms with Gasteiger partial charge in [-0.1, -0.05) is 0 Å². The van der Waals surface area contributed by atoms with Gasteiger partial charge in [-0.3, -0.25) is 0 Å². The standard InChI is InChI=1S/C7H7S.ClH.Zn/c1-2-3-7-4-5-8-6-7;;/h2,4-5H,1,3H2;1H;/q;;+1/p-1. The van der Waals surface area contributed by atoms with Crippen LogP contribution in [0.2, 0.25) is 0 Å². The third-order valence-electron chi connectivity index (χ3n) is 1.20. The molecule has 1 heterocycles. The third kappa shape index (κ3) is 2.53. The largest absolute Gasteiger partial charge is 1.00 e. The van der Waals surface area contributed by atoms with E-state index >= 15 is 0 Å². The van der Waals surface area contributed by atoms with Crippen LogP contribution in [-0.4, -0.2) is 0 Å². The van der Waals surface area contributed by atoms with Gasteiger partial charge in [0.15, 0.2) is 0 Å². The summed E-state index contributed by atoms with van der Waals surface area (Å²) in [5.74, 6) is 0. The van der Waals surface area contributed by atoms with E-state index in [1.54, 1.807) is 0 Å². The number of rotatable bonds is 2. The van der Waals surface area contributed by atoms with Crippen LogP contribution < -0.4 is 15.9 Å². The van der Waals surface area contributed by atoms with E-state index in [0.29, 0.717) is 0 Å². The molecule has 10 heavy (non-hydrogen) atoms. The van der Waals surface area contributed by atoms with Crippen molar-refractivity contribution in [3.63, 3.8) is 0 Å². The molecule has 0 aliphatic carbocycles. The molecule has 0 fully saturated rings. The normalized spacial score (nSPS) is 8.60. The van der Waals surface area contributed by atoms with Crippen LogP contribution in [0.1, 0.15) is 5.56 Å². The molecule has 50 valence electrons. The van der Waals surface area contributed by atoms with Gasteiger partial charge in [0.1, 0.15) is 0 Å². The SMILES string of the molecule is C=CCc1ccs[c]1[Zn+].[Cl-]. The molecule has 0 spiro atoms. The van der Waals surface area contributed by atoms with Gasteiger partial charge in [0.25, 0.3) is 0 Å². The molecule has 0 nitrogen and oxygen atoms in total. The molecule has 0 bridgehead atoms. The van der Waals surface area contributed by atoms with Gasteiger partial charge < -0.3 is 12.4 Å². The van der Waals surface area contributed by atoms with Gasteiger partial charge in [0, 0.05) is 0 Å². The van der Waals surface area contributed by atoms with E-state index in [0.717, 1.165) is 6.42 Å². The summed E-state index contributed by atoms with van der Waals surface area (Å²) in [5.41, 5.74) is 1.47. The number of allylic oxidation sites excluding steroid dienone is 1. The summed E-state index contributed by atoms with van der Waals surface area (Å²) in [6.07, 6.45) is 3.00. The second-order valence-corrected chi connectivity index (χ2v) is 5.42. The van der Waals surface area contributed by atoms with Crippen molar-refractivity contribution in [3.8, 4) is 0 Å². The summed E-state index contributed by atoms with van der Waals surface area (Å²) in [7, 11) is 0. The van der Waals surface area contributed by atoms with E-state index in [1.807, 2.05) is 17.4 Å². The fraction of sp³-hybridized carbons (Fsp3) is 0.143. The zero-order valence-corrected chi connectivity index (χ0v) is 10.2. The van der Waals surface area contributed by atoms with Crippen LogP contribution >= 0.6 is 11.3 Å². The molecule has 0 unspecified atom stereocenters. The summed E-state index contributed by atoms with van der Waals surface area (Å²) in [6, 6.07) is 2.19. The van der Waals surface area contributed by atoms with Crippen molar-refractivity contribution in [2.75, 3.05) is 0 Å². The van der Waals surface area contributed by atoms with Gasteiger partial charge in [-0.15, -0.1) is 0 Å². The molecule has 1 aromatic heterocycles. The molecular weight excluding hydrogens is 217 g/mol. The van der Waals surface area contributed by atoms with E-state index < -0.39 is 0 Å². The summed E-state index contributed by atoms with van der Waals surface area (Å²) >= 11 is 3.13. The van der Waals surface area contributed by atoms with E-state index in [1.165, 1.54) is 27.3 Å². The van der Waals surface area contributed by atoms with Crippen LogP contribution in [0, 0.1) is 0 Å². The minimum absolute atomic E-state index is 0. The van der Waals surface area contributed by atoms with Crippen LogP contribution in [0.5, 0.6) is 0 Å². The molecule has 0 saturated heterocycles. The Morgan fingerprint density at radius 3 is 2.80 bits per heavy atom. The Hall–Kier alpha value is 0.353. The van der Waals surface area contributed by atoms with Crippen molar-refractivity contribution in [1.29, 1.82) is 0 Å². The first kappa shape index (κ1) is 10.4. The summed E-state index contributed by atoms with van der Waals surface area (Å²) < 4.78 is 1.54. The van der Waals surface area contributed by atoms with Crippen LogP contribution in [0.15, 0.2) is 24.1 Å². The van der Waals surface area contributed by atoms with Gasteiger partial charge in [-0.25, -0.2) is 0 Å². The monoisotopic (exact) mass is 222 g/mol. The Labute approximate surface area is 81.4 Å². The smallest absolute Gasteiger partial charge is 1.00 e. The van der Waals surface area contributed by atoms with Crippen molar-refractivity contribution in [2.24, 2.45) is 0 Å². The van der Waals surface area contributed by atoms with E-state index in [2.05, 4.69) is 18.0 Å². The molecule has 3 heteroatoms. The van der Waals surface area contributed by atoms with Crippen molar-refractivity contribution in [1.82, 2.24) is 0 Å². The number of hydrogen-bond donors (Lipinski definition) is 0. The van der Waals surface area contributed by atoms with Gasteiger partial charge in [-0.2, -0.15) is 0 Å². The molecule has 1 rings (SSSR count). The first-order chi connectivity index (χ1) is 4.34. The molecule has 0 aromatic carbocycles. The average Bonchev–Trinajstić information content (AvgIpc) is 2.18. The number of halogens is 1. The van der Waals surface area contributed by atoms with Gasteiger partial charge in [0.2, 0.25) is 0 Å². The van der Waals surface area contributed by atoms with E-state index in [-0.39, 0.29) is 12.4 Å². The van der Waals surface area contributed by atoms with Gasteiger partial charge in [-0.05, 0) is 0 Å². The zero-order valence-electron chi connectivity index (χ0n) is 5.64. The quantitative estimate of drug-likeness (QED) is 0.430. The second kappa shape index (κ2) is 5.06. The first-order valence-corrected chi connectivity index (χ1v) is 5.20. The Balaban J connectivity index is 0.000000810.